The highest BCUT2D eigenvalue weighted by atomic mass is 127. The molecule has 0 spiro atoms. The monoisotopic (exact) mass is 324 g/mol. The molecule has 1 nitrogen and oxygen atoms in total. The predicted molar refractivity (Wildman–Crippen MR) is 70.0 cm³/mol. The molecule has 1 rings (SSSR count). The molecule has 1 aromatic rings. The van der Waals surface area contributed by atoms with Crippen molar-refractivity contribution in [2.45, 2.75) is 19.8 Å². The van der Waals surface area contributed by atoms with E-state index in [-0.39, 0.29) is 0 Å². The zero-order valence-corrected chi connectivity index (χ0v) is 11.4. The summed E-state index contributed by atoms with van der Waals surface area (Å²) in [6.45, 7) is 2.12. The van der Waals surface area contributed by atoms with E-state index in [2.05, 4.69) is 35.6 Å². The topological polar surface area (TPSA) is 9.23 Å². The Hall–Kier alpha value is 0.0400. The van der Waals surface area contributed by atoms with Gasteiger partial charge in [0.05, 0.1) is 12.1 Å². The van der Waals surface area contributed by atoms with Crippen LogP contribution in [0.2, 0.25) is 5.02 Å². The lowest BCUT2D eigenvalue weighted by Gasteiger charge is -2.12. The number of hydrogen-bond acceptors (Lipinski definition) is 1. The van der Waals surface area contributed by atoms with Crippen LogP contribution in [0.25, 0.3) is 0 Å². The SMILES string of the molecule is CCc1c(CCI)ccc(OC)c1Cl. The Balaban J connectivity index is 3.14. The smallest absolute Gasteiger partial charge is 0.137 e. The second kappa shape index (κ2) is 5.81. The van der Waals surface area contributed by atoms with Crippen molar-refractivity contribution in [1.29, 1.82) is 0 Å². The summed E-state index contributed by atoms with van der Waals surface area (Å²) < 4.78 is 6.31. The van der Waals surface area contributed by atoms with E-state index in [0.29, 0.717) is 0 Å². The molecule has 0 saturated heterocycles. The Labute approximate surface area is 104 Å². The van der Waals surface area contributed by atoms with E-state index in [9.17, 15) is 0 Å². The highest BCUT2D eigenvalue weighted by Gasteiger charge is 2.09. The van der Waals surface area contributed by atoms with Gasteiger partial charge in [0.15, 0.2) is 0 Å². The van der Waals surface area contributed by atoms with Crippen LogP contribution in [0.5, 0.6) is 5.75 Å². The van der Waals surface area contributed by atoms with Gasteiger partial charge in [0.25, 0.3) is 0 Å². The average Bonchev–Trinajstić information content (AvgIpc) is 2.19. The van der Waals surface area contributed by atoms with Crippen molar-refractivity contribution in [3.63, 3.8) is 0 Å². The van der Waals surface area contributed by atoms with Gasteiger partial charge in [-0.3, -0.25) is 0 Å². The molecule has 0 heterocycles. The summed E-state index contributed by atoms with van der Waals surface area (Å²) in [5.74, 6) is 0.778. The molecule has 78 valence electrons. The number of hydrogen-bond donors (Lipinski definition) is 0. The zero-order chi connectivity index (χ0) is 10.6. The van der Waals surface area contributed by atoms with Crippen molar-refractivity contribution in [1.82, 2.24) is 0 Å². The van der Waals surface area contributed by atoms with Gasteiger partial charge < -0.3 is 4.74 Å². The predicted octanol–water partition coefficient (Wildman–Crippen LogP) is 3.89. The summed E-state index contributed by atoms with van der Waals surface area (Å²) in [7, 11) is 1.65. The summed E-state index contributed by atoms with van der Waals surface area (Å²) in [5, 5.41) is 0.775. The van der Waals surface area contributed by atoms with Crippen LogP contribution >= 0.6 is 34.2 Å². The van der Waals surface area contributed by atoms with E-state index in [0.717, 1.165) is 28.0 Å². The maximum Gasteiger partial charge on any atom is 0.137 e. The standard InChI is InChI=1S/C11H14ClIO/c1-3-9-8(6-7-13)4-5-10(14-2)11(9)12/h4-5H,3,6-7H2,1-2H3. The lowest BCUT2D eigenvalue weighted by atomic mass is 10.0. The van der Waals surface area contributed by atoms with Crippen molar-refractivity contribution in [3.05, 3.63) is 28.3 Å². The molecule has 3 heteroatoms. The van der Waals surface area contributed by atoms with Gasteiger partial charge >= 0.3 is 0 Å². The van der Waals surface area contributed by atoms with Gasteiger partial charge in [0.1, 0.15) is 5.75 Å². The normalized spacial score (nSPS) is 10.3. The Morgan fingerprint density at radius 2 is 2.14 bits per heavy atom. The molecular formula is C11H14ClIO. The number of rotatable bonds is 4. The number of methoxy groups -OCH3 is 1. The van der Waals surface area contributed by atoms with E-state index < -0.39 is 0 Å². The molecule has 14 heavy (non-hydrogen) atoms. The number of ether oxygens (including phenoxy) is 1. The highest BCUT2D eigenvalue weighted by molar-refractivity contribution is 14.1. The molecule has 0 saturated carbocycles. The largest absolute Gasteiger partial charge is 0.495 e. The third kappa shape index (κ3) is 2.54. The van der Waals surface area contributed by atoms with Crippen LogP contribution < -0.4 is 4.74 Å². The Morgan fingerprint density at radius 1 is 1.43 bits per heavy atom. The first-order valence-electron chi connectivity index (χ1n) is 4.64. The number of alkyl halides is 1. The van der Waals surface area contributed by atoms with Gasteiger partial charge in [0.2, 0.25) is 0 Å². The first-order valence-corrected chi connectivity index (χ1v) is 6.55. The molecule has 0 unspecified atom stereocenters. The fraction of sp³-hybridized carbons (Fsp3) is 0.455. The van der Waals surface area contributed by atoms with Gasteiger partial charge in [-0.2, -0.15) is 0 Å². The van der Waals surface area contributed by atoms with Crippen LogP contribution in [0.3, 0.4) is 0 Å². The minimum atomic E-state index is 0.775. The Kier molecular flexibility index (Phi) is 5.02. The van der Waals surface area contributed by atoms with Gasteiger partial charge in [0, 0.05) is 4.43 Å². The molecule has 0 radical (unpaired) electrons. The Bertz CT molecular complexity index is 312. The molecule has 0 aliphatic rings. The molecule has 0 N–H and O–H groups in total. The molecule has 0 fully saturated rings. The molecule has 0 amide bonds. The summed E-state index contributed by atoms with van der Waals surface area (Å²) in [6.07, 6.45) is 2.04. The summed E-state index contributed by atoms with van der Waals surface area (Å²) in [4.78, 5) is 0. The third-order valence-corrected chi connectivity index (χ3v) is 3.20. The molecule has 0 aliphatic carbocycles. The quantitative estimate of drug-likeness (QED) is 0.603. The van der Waals surface area contributed by atoms with Crippen LogP contribution in [-0.2, 0) is 12.8 Å². The van der Waals surface area contributed by atoms with E-state index >= 15 is 0 Å². The highest BCUT2D eigenvalue weighted by Crippen LogP contribution is 2.31. The van der Waals surface area contributed by atoms with Crippen molar-refractivity contribution < 1.29 is 4.74 Å². The summed E-state index contributed by atoms with van der Waals surface area (Å²) >= 11 is 8.60. The van der Waals surface area contributed by atoms with Gasteiger partial charge in [-0.25, -0.2) is 0 Å². The molecular weight excluding hydrogens is 310 g/mol. The van der Waals surface area contributed by atoms with Crippen LogP contribution in [0.15, 0.2) is 12.1 Å². The lowest BCUT2D eigenvalue weighted by molar-refractivity contribution is 0.414. The molecule has 0 aliphatic heterocycles. The van der Waals surface area contributed by atoms with Crippen molar-refractivity contribution in [2.75, 3.05) is 11.5 Å². The number of halogens is 2. The van der Waals surface area contributed by atoms with Crippen LogP contribution in [0, 0.1) is 0 Å². The van der Waals surface area contributed by atoms with Crippen LogP contribution in [-0.4, -0.2) is 11.5 Å². The van der Waals surface area contributed by atoms with Gasteiger partial charge in [-0.15, -0.1) is 0 Å². The molecule has 0 atom stereocenters. The maximum atomic E-state index is 6.22. The fourth-order valence-corrected chi connectivity index (χ4v) is 2.49. The van der Waals surface area contributed by atoms with E-state index in [4.69, 9.17) is 16.3 Å². The minimum Gasteiger partial charge on any atom is -0.495 e. The number of aryl methyl sites for hydroxylation is 1. The third-order valence-electron chi connectivity index (χ3n) is 2.24. The summed E-state index contributed by atoms with van der Waals surface area (Å²) in [5.41, 5.74) is 2.57. The van der Waals surface area contributed by atoms with Crippen molar-refractivity contribution in [3.8, 4) is 5.75 Å². The van der Waals surface area contributed by atoms with Crippen LogP contribution in [0.4, 0.5) is 0 Å². The lowest BCUT2D eigenvalue weighted by Crippen LogP contribution is -1.97. The van der Waals surface area contributed by atoms with E-state index in [1.807, 2.05) is 6.07 Å². The zero-order valence-electron chi connectivity index (χ0n) is 8.44. The van der Waals surface area contributed by atoms with Crippen LogP contribution in [0.1, 0.15) is 18.1 Å². The summed E-state index contributed by atoms with van der Waals surface area (Å²) in [6, 6.07) is 4.06. The number of benzene rings is 1. The second-order valence-corrected chi connectivity index (χ2v) is 4.47. The molecule has 1 aromatic carbocycles. The maximum absolute atomic E-state index is 6.22. The second-order valence-electron chi connectivity index (χ2n) is 3.01. The van der Waals surface area contributed by atoms with E-state index in [1.165, 1.54) is 11.1 Å². The van der Waals surface area contributed by atoms with Gasteiger partial charge in [-0.1, -0.05) is 47.2 Å². The van der Waals surface area contributed by atoms with Crippen molar-refractivity contribution in [2.24, 2.45) is 0 Å². The van der Waals surface area contributed by atoms with E-state index in [1.54, 1.807) is 7.11 Å². The Morgan fingerprint density at radius 3 is 2.64 bits per heavy atom. The first-order chi connectivity index (χ1) is 6.74. The fourth-order valence-electron chi connectivity index (χ4n) is 1.52. The van der Waals surface area contributed by atoms with Gasteiger partial charge in [-0.05, 0) is 30.0 Å². The molecule has 0 bridgehead atoms. The van der Waals surface area contributed by atoms with Crippen molar-refractivity contribution >= 4 is 34.2 Å². The minimum absolute atomic E-state index is 0.775. The average molecular weight is 325 g/mol. The molecule has 0 aromatic heterocycles. The first kappa shape index (κ1) is 12.1.